The molecule has 2 aromatic rings. The summed E-state index contributed by atoms with van der Waals surface area (Å²) < 4.78 is 5.60. The van der Waals surface area contributed by atoms with Crippen LogP contribution >= 0.6 is 0 Å². The van der Waals surface area contributed by atoms with E-state index in [9.17, 15) is 14.4 Å². The molecule has 4 rings (SSSR count). The standard InChI is InChI=1S/C28H34N2O5/c1-18(27(32)33)30-26(31)20(15-19-9-3-2-4-10-19)16-29-28(34)35-17-25-23-13-7-5-11-21(23)22-12-6-8-14-24(22)25/h5-8,11-14,18-20,25H,2-4,9-10,15-17H2,1H3,(H,29,34)(H,30,31)(H,32,33). The van der Waals surface area contributed by atoms with E-state index < -0.39 is 24.0 Å². The molecule has 2 unspecified atom stereocenters. The molecule has 7 nitrogen and oxygen atoms in total. The Bertz CT molecular complexity index is 1020. The Morgan fingerprint density at radius 1 is 0.971 bits per heavy atom. The number of carboxylic acid groups (broad SMARTS) is 1. The number of benzene rings is 2. The molecule has 0 saturated heterocycles. The van der Waals surface area contributed by atoms with Crippen LogP contribution in [0.1, 0.15) is 62.5 Å². The number of nitrogens with one attached hydrogen (secondary N) is 2. The van der Waals surface area contributed by atoms with Crippen LogP contribution in [0.4, 0.5) is 4.79 Å². The van der Waals surface area contributed by atoms with E-state index in [1.807, 2.05) is 24.3 Å². The molecule has 2 atom stereocenters. The number of hydrogen-bond donors (Lipinski definition) is 3. The molecule has 186 valence electrons. The van der Waals surface area contributed by atoms with E-state index in [1.165, 1.54) is 13.3 Å². The van der Waals surface area contributed by atoms with Crippen LogP contribution in [0.25, 0.3) is 11.1 Å². The number of hydrogen-bond acceptors (Lipinski definition) is 4. The Balaban J connectivity index is 1.36. The molecule has 2 aliphatic rings. The van der Waals surface area contributed by atoms with Gasteiger partial charge in [-0.1, -0.05) is 80.6 Å². The second kappa shape index (κ2) is 11.4. The van der Waals surface area contributed by atoms with Gasteiger partial charge in [-0.05, 0) is 41.5 Å². The largest absolute Gasteiger partial charge is 0.480 e. The minimum atomic E-state index is -1.08. The molecule has 2 aromatic carbocycles. The molecule has 0 heterocycles. The molecule has 1 fully saturated rings. The van der Waals surface area contributed by atoms with Gasteiger partial charge >= 0.3 is 12.1 Å². The third-order valence-electron chi connectivity index (χ3n) is 7.28. The first-order chi connectivity index (χ1) is 16.9. The van der Waals surface area contributed by atoms with E-state index in [-0.39, 0.29) is 25.0 Å². The minimum absolute atomic E-state index is 0.0362. The first-order valence-electron chi connectivity index (χ1n) is 12.6. The predicted octanol–water partition coefficient (Wildman–Crippen LogP) is 4.70. The van der Waals surface area contributed by atoms with Crippen molar-refractivity contribution in [1.82, 2.24) is 10.6 Å². The maximum absolute atomic E-state index is 12.8. The molecule has 1 saturated carbocycles. The molecule has 35 heavy (non-hydrogen) atoms. The monoisotopic (exact) mass is 478 g/mol. The topological polar surface area (TPSA) is 105 Å². The average Bonchev–Trinajstić information content (AvgIpc) is 3.19. The second-order valence-electron chi connectivity index (χ2n) is 9.71. The smallest absolute Gasteiger partial charge is 0.407 e. The van der Waals surface area contributed by atoms with Gasteiger partial charge in [-0.25, -0.2) is 4.79 Å². The number of fused-ring (bicyclic) bond motifs is 3. The first kappa shape index (κ1) is 24.8. The molecule has 0 spiro atoms. The van der Waals surface area contributed by atoms with Crippen molar-refractivity contribution >= 4 is 18.0 Å². The van der Waals surface area contributed by atoms with Crippen molar-refractivity contribution in [2.24, 2.45) is 11.8 Å². The summed E-state index contributed by atoms with van der Waals surface area (Å²) in [4.78, 5) is 36.6. The van der Waals surface area contributed by atoms with E-state index in [1.54, 1.807) is 0 Å². The summed E-state index contributed by atoms with van der Waals surface area (Å²) in [5.41, 5.74) is 4.60. The lowest BCUT2D eigenvalue weighted by Crippen LogP contribution is -2.45. The van der Waals surface area contributed by atoms with Gasteiger partial charge in [0.2, 0.25) is 5.91 Å². The second-order valence-corrected chi connectivity index (χ2v) is 9.71. The third-order valence-corrected chi connectivity index (χ3v) is 7.28. The van der Waals surface area contributed by atoms with Gasteiger partial charge in [0.1, 0.15) is 12.6 Å². The number of ether oxygens (including phenoxy) is 1. The molecular weight excluding hydrogens is 444 g/mol. The fourth-order valence-corrected chi connectivity index (χ4v) is 5.36. The van der Waals surface area contributed by atoms with Gasteiger partial charge in [-0.3, -0.25) is 9.59 Å². The number of alkyl carbamates (subject to hydrolysis) is 1. The van der Waals surface area contributed by atoms with E-state index in [4.69, 9.17) is 9.84 Å². The predicted molar refractivity (Wildman–Crippen MR) is 133 cm³/mol. The fourth-order valence-electron chi connectivity index (χ4n) is 5.36. The SMILES string of the molecule is CC(NC(=O)C(CNC(=O)OCC1c2ccccc2-c2ccccc21)CC1CCCCC1)C(=O)O. The number of carboxylic acids is 1. The Hall–Kier alpha value is -3.35. The zero-order valence-electron chi connectivity index (χ0n) is 20.2. The highest BCUT2D eigenvalue weighted by Gasteiger charge is 2.30. The van der Waals surface area contributed by atoms with Crippen molar-refractivity contribution in [1.29, 1.82) is 0 Å². The van der Waals surface area contributed by atoms with Crippen molar-refractivity contribution in [3.63, 3.8) is 0 Å². The summed E-state index contributed by atoms with van der Waals surface area (Å²) in [6.45, 7) is 1.76. The molecular formula is C28H34N2O5. The number of carbonyl (C=O) groups excluding carboxylic acids is 2. The Labute approximate surface area is 206 Å². The van der Waals surface area contributed by atoms with Crippen LogP contribution in [0.15, 0.2) is 48.5 Å². The van der Waals surface area contributed by atoms with Crippen LogP contribution in [0.2, 0.25) is 0 Å². The first-order valence-corrected chi connectivity index (χ1v) is 12.6. The molecule has 0 bridgehead atoms. The van der Waals surface area contributed by atoms with Crippen LogP contribution in [0.3, 0.4) is 0 Å². The van der Waals surface area contributed by atoms with Crippen LogP contribution in [-0.4, -0.2) is 42.3 Å². The molecule has 2 amide bonds. The van der Waals surface area contributed by atoms with Crippen molar-refractivity contribution in [3.05, 3.63) is 59.7 Å². The van der Waals surface area contributed by atoms with Gasteiger partial charge in [-0.2, -0.15) is 0 Å². The van der Waals surface area contributed by atoms with E-state index in [2.05, 4.69) is 34.9 Å². The maximum atomic E-state index is 12.8. The minimum Gasteiger partial charge on any atom is -0.480 e. The van der Waals surface area contributed by atoms with E-state index in [0.717, 1.165) is 47.9 Å². The highest BCUT2D eigenvalue weighted by Crippen LogP contribution is 2.44. The molecule has 2 aliphatic carbocycles. The molecule has 7 heteroatoms. The van der Waals surface area contributed by atoms with Crippen molar-refractivity contribution in [2.75, 3.05) is 13.2 Å². The molecule has 0 aromatic heterocycles. The molecule has 0 radical (unpaired) electrons. The van der Waals surface area contributed by atoms with Crippen LogP contribution < -0.4 is 10.6 Å². The summed E-state index contributed by atoms with van der Waals surface area (Å²) in [5.74, 6) is -1.56. The van der Waals surface area contributed by atoms with Crippen molar-refractivity contribution < 1.29 is 24.2 Å². The Morgan fingerprint density at radius 2 is 1.57 bits per heavy atom. The molecule has 0 aliphatic heterocycles. The lowest BCUT2D eigenvalue weighted by atomic mass is 9.82. The quantitative estimate of drug-likeness (QED) is 0.485. The Kier molecular flexibility index (Phi) is 8.06. The van der Waals surface area contributed by atoms with Crippen LogP contribution in [-0.2, 0) is 14.3 Å². The number of amides is 2. The lowest BCUT2D eigenvalue weighted by Gasteiger charge is -2.26. The summed E-state index contributed by atoms with van der Waals surface area (Å²) in [6.07, 6.45) is 5.67. The van der Waals surface area contributed by atoms with Gasteiger partial charge in [0.05, 0.1) is 5.92 Å². The number of carbonyl (C=O) groups is 3. The Morgan fingerprint density at radius 3 is 2.17 bits per heavy atom. The van der Waals surface area contributed by atoms with Gasteiger partial charge in [-0.15, -0.1) is 0 Å². The van der Waals surface area contributed by atoms with Gasteiger partial charge in [0.15, 0.2) is 0 Å². The summed E-state index contributed by atoms with van der Waals surface area (Å²) >= 11 is 0. The highest BCUT2D eigenvalue weighted by molar-refractivity contribution is 5.85. The fraction of sp³-hybridized carbons (Fsp3) is 0.464. The summed E-state index contributed by atoms with van der Waals surface area (Å²) in [5, 5.41) is 14.5. The third kappa shape index (κ3) is 6.02. The normalized spacial score (nSPS) is 17.1. The average molecular weight is 479 g/mol. The number of rotatable bonds is 9. The molecule has 3 N–H and O–H groups in total. The van der Waals surface area contributed by atoms with Crippen LogP contribution in [0.5, 0.6) is 0 Å². The van der Waals surface area contributed by atoms with E-state index in [0.29, 0.717) is 12.3 Å². The van der Waals surface area contributed by atoms with Gasteiger partial charge in [0.25, 0.3) is 0 Å². The van der Waals surface area contributed by atoms with Crippen molar-refractivity contribution in [3.8, 4) is 11.1 Å². The highest BCUT2D eigenvalue weighted by atomic mass is 16.5. The zero-order valence-corrected chi connectivity index (χ0v) is 20.2. The zero-order chi connectivity index (χ0) is 24.8. The van der Waals surface area contributed by atoms with Gasteiger partial charge in [0, 0.05) is 12.5 Å². The van der Waals surface area contributed by atoms with Crippen LogP contribution in [0, 0.1) is 11.8 Å². The summed E-state index contributed by atoms with van der Waals surface area (Å²) in [6, 6.07) is 15.3. The maximum Gasteiger partial charge on any atom is 0.407 e. The van der Waals surface area contributed by atoms with E-state index >= 15 is 0 Å². The number of aliphatic carboxylic acids is 1. The lowest BCUT2D eigenvalue weighted by molar-refractivity contribution is -0.142. The van der Waals surface area contributed by atoms with Gasteiger partial charge < -0.3 is 20.5 Å². The summed E-state index contributed by atoms with van der Waals surface area (Å²) in [7, 11) is 0. The van der Waals surface area contributed by atoms with Crippen molar-refractivity contribution in [2.45, 2.75) is 57.4 Å².